The van der Waals surface area contributed by atoms with Crippen molar-refractivity contribution in [2.24, 2.45) is 0 Å². The standard InChI is InChI=1S/C18H16FN3O/c19-17-8-4-7-15(9-17)11-21-13-16(10-20)18(23)22-12-14-5-2-1-3-6-14/h1-9,13,21H,11-12H2,(H,22,23)/b16-13-. The van der Waals surface area contributed by atoms with Crippen molar-refractivity contribution in [3.05, 3.63) is 83.3 Å². The number of hydrogen-bond donors (Lipinski definition) is 2. The van der Waals surface area contributed by atoms with Gasteiger partial charge in [0.1, 0.15) is 17.5 Å². The number of nitriles is 1. The normalized spacial score (nSPS) is 10.7. The van der Waals surface area contributed by atoms with E-state index >= 15 is 0 Å². The molecule has 2 aromatic carbocycles. The number of amides is 1. The second kappa shape index (κ2) is 8.35. The third kappa shape index (κ3) is 5.29. The van der Waals surface area contributed by atoms with Crippen LogP contribution in [0.2, 0.25) is 0 Å². The molecular formula is C18H16FN3O. The lowest BCUT2D eigenvalue weighted by atomic mass is 10.2. The molecule has 0 heterocycles. The van der Waals surface area contributed by atoms with Gasteiger partial charge in [-0.15, -0.1) is 0 Å². The molecule has 116 valence electrons. The van der Waals surface area contributed by atoms with Crippen LogP contribution < -0.4 is 10.6 Å². The summed E-state index contributed by atoms with van der Waals surface area (Å²) in [5.74, 6) is -0.780. The van der Waals surface area contributed by atoms with Gasteiger partial charge in [0, 0.05) is 19.3 Å². The first-order valence-electron chi connectivity index (χ1n) is 7.09. The van der Waals surface area contributed by atoms with Crippen LogP contribution in [0.25, 0.3) is 0 Å². The molecule has 2 N–H and O–H groups in total. The summed E-state index contributed by atoms with van der Waals surface area (Å²) in [6.45, 7) is 0.678. The Hall–Kier alpha value is -3.13. The van der Waals surface area contributed by atoms with Crippen molar-refractivity contribution in [2.75, 3.05) is 0 Å². The van der Waals surface area contributed by atoms with Crippen LogP contribution in [-0.4, -0.2) is 5.91 Å². The van der Waals surface area contributed by atoms with Gasteiger partial charge in [-0.1, -0.05) is 42.5 Å². The summed E-state index contributed by atoms with van der Waals surface area (Å²) in [6, 6.07) is 17.4. The second-order valence-corrected chi connectivity index (χ2v) is 4.85. The van der Waals surface area contributed by atoms with E-state index in [9.17, 15) is 9.18 Å². The van der Waals surface area contributed by atoms with Gasteiger partial charge in [0.05, 0.1) is 0 Å². The van der Waals surface area contributed by atoms with Gasteiger partial charge in [-0.3, -0.25) is 4.79 Å². The number of carbonyl (C=O) groups is 1. The van der Waals surface area contributed by atoms with Crippen molar-refractivity contribution in [1.82, 2.24) is 10.6 Å². The zero-order valence-electron chi connectivity index (χ0n) is 12.4. The highest BCUT2D eigenvalue weighted by atomic mass is 19.1. The molecule has 1 amide bonds. The van der Waals surface area contributed by atoms with E-state index in [2.05, 4.69) is 10.6 Å². The lowest BCUT2D eigenvalue weighted by molar-refractivity contribution is -0.117. The summed E-state index contributed by atoms with van der Waals surface area (Å²) in [5.41, 5.74) is 1.64. The summed E-state index contributed by atoms with van der Waals surface area (Å²) in [6.07, 6.45) is 1.34. The SMILES string of the molecule is N#C/C(=C/NCc1cccc(F)c1)C(=O)NCc1ccccc1. The molecule has 0 aliphatic heterocycles. The number of hydrogen-bond acceptors (Lipinski definition) is 3. The van der Waals surface area contributed by atoms with Crippen molar-refractivity contribution >= 4 is 5.91 Å². The monoisotopic (exact) mass is 309 g/mol. The zero-order valence-corrected chi connectivity index (χ0v) is 12.4. The molecule has 23 heavy (non-hydrogen) atoms. The van der Waals surface area contributed by atoms with Gasteiger partial charge in [0.15, 0.2) is 0 Å². The molecule has 0 aromatic heterocycles. The van der Waals surface area contributed by atoms with Crippen molar-refractivity contribution in [1.29, 1.82) is 5.26 Å². The van der Waals surface area contributed by atoms with Crippen LogP contribution in [0.15, 0.2) is 66.4 Å². The van der Waals surface area contributed by atoms with Gasteiger partial charge >= 0.3 is 0 Å². The van der Waals surface area contributed by atoms with Crippen LogP contribution in [0, 0.1) is 17.1 Å². The van der Waals surface area contributed by atoms with Crippen LogP contribution >= 0.6 is 0 Å². The molecule has 0 saturated carbocycles. The molecule has 2 aromatic rings. The molecule has 0 radical (unpaired) electrons. The fourth-order valence-corrected chi connectivity index (χ4v) is 1.94. The topological polar surface area (TPSA) is 64.9 Å². The van der Waals surface area contributed by atoms with E-state index in [0.29, 0.717) is 13.1 Å². The van der Waals surface area contributed by atoms with E-state index < -0.39 is 5.91 Å². The third-order valence-corrected chi connectivity index (χ3v) is 3.10. The highest BCUT2D eigenvalue weighted by Crippen LogP contribution is 2.03. The third-order valence-electron chi connectivity index (χ3n) is 3.10. The molecule has 0 unspecified atom stereocenters. The zero-order chi connectivity index (χ0) is 16.5. The number of benzene rings is 2. The molecule has 0 aliphatic rings. The molecule has 4 nitrogen and oxygen atoms in total. The quantitative estimate of drug-likeness (QED) is 0.637. The van der Waals surface area contributed by atoms with Crippen molar-refractivity contribution in [3.63, 3.8) is 0 Å². The Balaban J connectivity index is 1.88. The molecule has 0 aliphatic carbocycles. The van der Waals surface area contributed by atoms with Crippen molar-refractivity contribution in [3.8, 4) is 6.07 Å². The Morgan fingerprint density at radius 3 is 2.52 bits per heavy atom. The molecule has 0 bridgehead atoms. The Morgan fingerprint density at radius 2 is 1.83 bits per heavy atom. The van der Waals surface area contributed by atoms with E-state index in [0.717, 1.165) is 11.1 Å². The maximum atomic E-state index is 13.0. The van der Waals surface area contributed by atoms with Crippen LogP contribution in [0.4, 0.5) is 4.39 Å². The lowest BCUT2D eigenvalue weighted by Gasteiger charge is -2.05. The van der Waals surface area contributed by atoms with Crippen LogP contribution in [0.5, 0.6) is 0 Å². The van der Waals surface area contributed by atoms with E-state index in [4.69, 9.17) is 5.26 Å². The molecule has 0 saturated heterocycles. The molecule has 5 heteroatoms. The predicted octanol–water partition coefficient (Wildman–Crippen LogP) is 2.64. The molecule has 0 spiro atoms. The molecule has 2 rings (SSSR count). The number of rotatable bonds is 6. The Labute approximate surface area is 134 Å². The molecular weight excluding hydrogens is 293 g/mol. The van der Waals surface area contributed by atoms with Gasteiger partial charge in [-0.05, 0) is 23.3 Å². The van der Waals surface area contributed by atoms with Gasteiger partial charge in [-0.25, -0.2) is 4.39 Å². The largest absolute Gasteiger partial charge is 0.386 e. The average Bonchev–Trinajstić information content (AvgIpc) is 2.57. The minimum absolute atomic E-state index is 0.0302. The fourth-order valence-electron chi connectivity index (χ4n) is 1.94. The van der Waals surface area contributed by atoms with Gasteiger partial charge in [-0.2, -0.15) is 5.26 Å². The summed E-state index contributed by atoms with van der Waals surface area (Å²) in [4.78, 5) is 11.9. The van der Waals surface area contributed by atoms with E-state index in [1.165, 1.54) is 18.3 Å². The second-order valence-electron chi connectivity index (χ2n) is 4.85. The first-order chi connectivity index (χ1) is 11.2. The number of carbonyl (C=O) groups excluding carboxylic acids is 1. The Bertz CT molecular complexity index is 735. The first-order valence-corrected chi connectivity index (χ1v) is 7.09. The summed E-state index contributed by atoms with van der Waals surface area (Å²) >= 11 is 0. The highest BCUT2D eigenvalue weighted by molar-refractivity contribution is 5.97. The van der Waals surface area contributed by atoms with Crippen molar-refractivity contribution < 1.29 is 9.18 Å². The van der Waals surface area contributed by atoms with E-state index in [1.54, 1.807) is 12.1 Å². The average molecular weight is 309 g/mol. The highest BCUT2D eigenvalue weighted by Gasteiger charge is 2.08. The predicted molar refractivity (Wildman–Crippen MR) is 85.2 cm³/mol. The maximum absolute atomic E-state index is 13.0. The summed E-state index contributed by atoms with van der Waals surface area (Å²) in [7, 11) is 0. The maximum Gasteiger partial charge on any atom is 0.263 e. The minimum atomic E-state index is -0.455. The van der Waals surface area contributed by atoms with Crippen LogP contribution in [0.1, 0.15) is 11.1 Å². The van der Waals surface area contributed by atoms with E-state index in [1.807, 2.05) is 36.4 Å². The van der Waals surface area contributed by atoms with Gasteiger partial charge < -0.3 is 10.6 Å². The first kappa shape index (κ1) is 16.2. The van der Waals surface area contributed by atoms with Crippen molar-refractivity contribution in [2.45, 2.75) is 13.1 Å². The lowest BCUT2D eigenvalue weighted by Crippen LogP contribution is -2.25. The Morgan fingerprint density at radius 1 is 1.09 bits per heavy atom. The molecule has 0 atom stereocenters. The smallest absolute Gasteiger partial charge is 0.263 e. The fraction of sp³-hybridized carbons (Fsp3) is 0.111. The number of nitrogens with one attached hydrogen (secondary N) is 2. The van der Waals surface area contributed by atoms with Gasteiger partial charge in [0.2, 0.25) is 0 Å². The van der Waals surface area contributed by atoms with Crippen LogP contribution in [-0.2, 0) is 17.9 Å². The number of halogens is 1. The van der Waals surface area contributed by atoms with Crippen LogP contribution in [0.3, 0.4) is 0 Å². The summed E-state index contributed by atoms with van der Waals surface area (Å²) in [5, 5.41) is 14.6. The van der Waals surface area contributed by atoms with E-state index in [-0.39, 0.29) is 11.4 Å². The van der Waals surface area contributed by atoms with Gasteiger partial charge in [0.25, 0.3) is 5.91 Å². The summed E-state index contributed by atoms with van der Waals surface area (Å²) < 4.78 is 13.0. The number of nitrogens with zero attached hydrogens (tertiary/aromatic N) is 1. The Kier molecular flexibility index (Phi) is 5.89. The minimum Gasteiger partial charge on any atom is -0.386 e. The molecule has 0 fully saturated rings.